The largest absolute Gasteiger partial charge is 0.192 e. The first-order chi connectivity index (χ1) is 6.72. The van der Waals surface area contributed by atoms with E-state index in [9.17, 15) is 0 Å². The number of hydrogen-bond donors (Lipinski definition) is 0. The van der Waals surface area contributed by atoms with Crippen molar-refractivity contribution >= 4 is 10.8 Å². The number of hydrogen-bond acceptors (Lipinski definition) is 1. The van der Waals surface area contributed by atoms with Crippen LogP contribution in [0.25, 0.3) is 10.8 Å². The molecule has 0 aliphatic carbocycles. The molecule has 2 rings (SSSR count). The minimum Gasteiger partial charge on any atom is -0.192 e. The Morgan fingerprint density at radius 3 is 2.57 bits per heavy atom. The zero-order valence-electron chi connectivity index (χ0n) is 8.33. The summed E-state index contributed by atoms with van der Waals surface area (Å²) in [5.41, 5.74) is 3.07. The summed E-state index contributed by atoms with van der Waals surface area (Å²) in [5, 5.41) is 11.2. The highest BCUT2D eigenvalue weighted by Crippen LogP contribution is 2.22. The molecule has 0 N–H and O–H groups in total. The molecule has 0 radical (unpaired) electrons. The average molecular weight is 181 g/mol. The van der Waals surface area contributed by atoms with Crippen molar-refractivity contribution in [1.82, 2.24) is 0 Å². The highest BCUT2D eigenvalue weighted by atomic mass is 14.2. The van der Waals surface area contributed by atoms with Crippen LogP contribution in [0.2, 0.25) is 0 Å². The number of nitriles is 1. The zero-order valence-corrected chi connectivity index (χ0v) is 8.33. The molecule has 0 heterocycles. The summed E-state index contributed by atoms with van der Waals surface area (Å²) >= 11 is 0. The maximum atomic E-state index is 9.04. The lowest BCUT2D eigenvalue weighted by Crippen LogP contribution is -1.85. The number of fused-ring (bicyclic) bond motifs is 1. The van der Waals surface area contributed by atoms with Gasteiger partial charge in [-0.3, -0.25) is 0 Å². The Balaban J connectivity index is 2.90. The molecule has 0 aliphatic rings. The molecule has 0 atom stereocenters. The van der Waals surface area contributed by atoms with Gasteiger partial charge >= 0.3 is 0 Å². The molecule has 0 amide bonds. The van der Waals surface area contributed by atoms with Gasteiger partial charge in [-0.15, -0.1) is 0 Å². The molecule has 14 heavy (non-hydrogen) atoms. The van der Waals surface area contributed by atoms with Gasteiger partial charge in [0.25, 0.3) is 0 Å². The molecular formula is C13H11N. The number of aryl methyl sites for hydroxylation is 2. The van der Waals surface area contributed by atoms with E-state index in [1.165, 1.54) is 5.56 Å². The molecular weight excluding hydrogens is 170 g/mol. The van der Waals surface area contributed by atoms with Crippen LogP contribution in [0, 0.1) is 25.2 Å². The SMILES string of the molecule is Cc1ccc2c(C#N)c(C)ccc2c1. The monoisotopic (exact) mass is 181 g/mol. The Kier molecular flexibility index (Phi) is 1.98. The van der Waals surface area contributed by atoms with E-state index in [1.54, 1.807) is 0 Å². The van der Waals surface area contributed by atoms with E-state index >= 15 is 0 Å². The summed E-state index contributed by atoms with van der Waals surface area (Å²) in [6.07, 6.45) is 0. The molecule has 0 aromatic heterocycles. The fraction of sp³-hybridized carbons (Fsp3) is 0.154. The van der Waals surface area contributed by atoms with E-state index in [0.29, 0.717) is 0 Å². The average Bonchev–Trinajstić information content (AvgIpc) is 2.18. The number of nitrogens with zero attached hydrogens (tertiary/aromatic N) is 1. The van der Waals surface area contributed by atoms with Gasteiger partial charge in [0.15, 0.2) is 0 Å². The van der Waals surface area contributed by atoms with Gasteiger partial charge in [0.2, 0.25) is 0 Å². The third-order valence-corrected chi connectivity index (χ3v) is 2.50. The Bertz CT molecular complexity index is 533. The van der Waals surface area contributed by atoms with E-state index in [0.717, 1.165) is 21.9 Å². The van der Waals surface area contributed by atoms with Crippen molar-refractivity contribution in [2.75, 3.05) is 0 Å². The second kappa shape index (κ2) is 3.16. The molecule has 0 aliphatic heterocycles. The van der Waals surface area contributed by atoms with E-state index in [-0.39, 0.29) is 0 Å². The molecule has 1 nitrogen and oxygen atoms in total. The molecule has 0 unspecified atom stereocenters. The molecule has 0 spiro atoms. The minimum atomic E-state index is 0.794. The molecule has 0 saturated heterocycles. The third-order valence-electron chi connectivity index (χ3n) is 2.50. The summed E-state index contributed by atoms with van der Waals surface area (Å²) in [6, 6.07) is 12.5. The molecule has 2 aromatic rings. The van der Waals surface area contributed by atoms with Crippen molar-refractivity contribution in [3.63, 3.8) is 0 Å². The van der Waals surface area contributed by atoms with Gasteiger partial charge in [0.1, 0.15) is 6.07 Å². The molecule has 1 heteroatoms. The molecule has 68 valence electrons. The molecule has 0 bridgehead atoms. The van der Waals surface area contributed by atoms with E-state index in [2.05, 4.69) is 25.1 Å². The van der Waals surface area contributed by atoms with Crippen LogP contribution < -0.4 is 0 Å². The van der Waals surface area contributed by atoms with Crippen LogP contribution in [0.3, 0.4) is 0 Å². The van der Waals surface area contributed by atoms with E-state index in [4.69, 9.17) is 5.26 Å². The van der Waals surface area contributed by atoms with Gasteiger partial charge in [0, 0.05) is 0 Å². The summed E-state index contributed by atoms with van der Waals surface area (Å²) in [7, 11) is 0. The predicted octanol–water partition coefficient (Wildman–Crippen LogP) is 3.33. The number of rotatable bonds is 0. The second-order valence-electron chi connectivity index (χ2n) is 3.59. The minimum absolute atomic E-state index is 0.794. The van der Waals surface area contributed by atoms with E-state index in [1.807, 2.05) is 25.1 Å². The second-order valence-corrected chi connectivity index (χ2v) is 3.59. The summed E-state index contributed by atoms with van der Waals surface area (Å²) < 4.78 is 0. The lowest BCUT2D eigenvalue weighted by molar-refractivity contribution is 1.41. The lowest BCUT2D eigenvalue weighted by Gasteiger charge is -2.03. The standard InChI is InChI=1S/C13H11N/c1-9-3-6-12-11(7-9)5-4-10(2)13(12)8-14/h3-7H,1-2H3. The number of benzene rings is 2. The van der Waals surface area contributed by atoms with Gasteiger partial charge < -0.3 is 0 Å². The topological polar surface area (TPSA) is 23.8 Å². The fourth-order valence-electron chi connectivity index (χ4n) is 1.71. The molecule has 0 fully saturated rings. The van der Waals surface area contributed by atoms with Crippen LogP contribution in [0.4, 0.5) is 0 Å². The van der Waals surface area contributed by atoms with Crippen molar-refractivity contribution in [2.45, 2.75) is 13.8 Å². The maximum absolute atomic E-state index is 9.04. The highest BCUT2D eigenvalue weighted by Gasteiger charge is 2.03. The van der Waals surface area contributed by atoms with Crippen LogP contribution in [0.1, 0.15) is 16.7 Å². The summed E-state index contributed by atoms with van der Waals surface area (Å²) in [6.45, 7) is 4.03. The van der Waals surface area contributed by atoms with Crippen molar-refractivity contribution < 1.29 is 0 Å². The third kappa shape index (κ3) is 1.25. The predicted molar refractivity (Wildman–Crippen MR) is 58.1 cm³/mol. The highest BCUT2D eigenvalue weighted by molar-refractivity contribution is 5.89. The maximum Gasteiger partial charge on any atom is 0.100 e. The normalized spacial score (nSPS) is 10.1. The van der Waals surface area contributed by atoms with Crippen LogP contribution in [-0.2, 0) is 0 Å². The van der Waals surface area contributed by atoms with Crippen LogP contribution in [0.15, 0.2) is 30.3 Å². The van der Waals surface area contributed by atoms with Crippen molar-refractivity contribution in [2.24, 2.45) is 0 Å². The van der Waals surface area contributed by atoms with Gasteiger partial charge in [-0.05, 0) is 30.2 Å². The Hall–Kier alpha value is -1.81. The Morgan fingerprint density at radius 2 is 1.86 bits per heavy atom. The van der Waals surface area contributed by atoms with Crippen LogP contribution >= 0.6 is 0 Å². The first-order valence-electron chi connectivity index (χ1n) is 4.62. The molecule has 0 saturated carbocycles. The van der Waals surface area contributed by atoms with E-state index < -0.39 is 0 Å². The molecule has 2 aromatic carbocycles. The Morgan fingerprint density at radius 1 is 1.07 bits per heavy atom. The zero-order chi connectivity index (χ0) is 10.1. The fourth-order valence-corrected chi connectivity index (χ4v) is 1.71. The lowest BCUT2D eigenvalue weighted by atomic mass is 9.99. The smallest absolute Gasteiger partial charge is 0.100 e. The summed E-state index contributed by atoms with van der Waals surface area (Å²) in [4.78, 5) is 0. The van der Waals surface area contributed by atoms with Gasteiger partial charge in [-0.2, -0.15) is 5.26 Å². The van der Waals surface area contributed by atoms with Crippen molar-refractivity contribution in [3.8, 4) is 6.07 Å². The summed E-state index contributed by atoms with van der Waals surface area (Å²) in [5.74, 6) is 0. The first-order valence-corrected chi connectivity index (χ1v) is 4.62. The Labute approximate surface area is 83.6 Å². The van der Waals surface area contributed by atoms with Crippen molar-refractivity contribution in [1.29, 1.82) is 5.26 Å². The van der Waals surface area contributed by atoms with Crippen molar-refractivity contribution in [3.05, 3.63) is 47.0 Å². The van der Waals surface area contributed by atoms with Crippen LogP contribution in [0.5, 0.6) is 0 Å². The van der Waals surface area contributed by atoms with Gasteiger partial charge in [-0.1, -0.05) is 35.9 Å². The van der Waals surface area contributed by atoms with Crippen LogP contribution in [-0.4, -0.2) is 0 Å². The van der Waals surface area contributed by atoms with Gasteiger partial charge in [-0.25, -0.2) is 0 Å². The first kappa shape index (κ1) is 8.77. The quantitative estimate of drug-likeness (QED) is 0.611. The van der Waals surface area contributed by atoms with Gasteiger partial charge in [0.05, 0.1) is 5.56 Å².